The van der Waals surface area contributed by atoms with E-state index in [-0.39, 0.29) is 11.8 Å². The Balaban J connectivity index is 1.92. The zero-order valence-corrected chi connectivity index (χ0v) is 16.4. The second-order valence-corrected chi connectivity index (χ2v) is 6.73. The van der Waals surface area contributed by atoms with Crippen LogP contribution in [0.3, 0.4) is 0 Å². The Labute approximate surface area is 158 Å². The van der Waals surface area contributed by atoms with Gasteiger partial charge in [0.2, 0.25) is 11.8 Å². The highest BCUT2D eigenvalue weighted by Gasteiger charge is 2.11. The summed E-state index contributed by atoms with van der Waals surface area (Å²) in [4.78, 5) is 32.5. The first-order valence-electron chi connectivity index (χ1n) is 8.40. The molecule has 1 aromatic heterocycles. The minimum absolute atomic E-state index is 0.0396. The van der Waals surface area contributed by atoms with Crippen LogP contribution in [0.4, 0.5) is 5.69 Å². The van der Waals surface area contributed by atoms with E-state index in [9.17, 15) is 9.59 Å². The molecule has 2 aromatic rings. The number of amides is 2. The van der Waals surface area contributed by atoms with Gasteiger partial charge in [-0.25, -0.2) is 9.97 Å². The molecule has 0 bridgehead atoms. The van der Waals surface area contributed by atoms with Crippen molar-refractivity contribution in [3.05, 3.63) is 46.8 Å². The standard InChI is InChI=1S/C19H24N4O2S/c1-12-16(13(2)22-19(21-12)26-4)9-10-17(24)23-15-7-5-14(6-8-15)11-18(25)20-3/h5-8H,9-11H2,1-4H3,(H,20,25)(H,23,24). The Hall–Kier alpha value is -2.41. The van der Waals surface area contributed by atoms with Gasteiger partial charge < -0.3 is 10.6 Å². The van der Waals surface area contributed by atoms with E-state index in [4.69, 9.17) is 0 Å². The van der Waals surface area contributed by atoms with Gasteiger partial charge in [0.05, 0.1) is 6.42 Å². The Morgan fingerprint density at radius 2 is 1.65 bits per heavy atom. The van der Waals surface area contributed by atoms with Crippen LogP contribution in [-0.2, 0) is 22.4 Å². The Bertz CT molecular complexity index is 768. The first-order valence-corrected chi connectivity index (χ1v) is 9.63. The van der Waals surface area contributed by atoms with Crippen LogP contribution in [0.25, 0.3) is 0 Å². The highest BCUT2D eigenvalue weighted by atomic mass is 32.2. The van der Waals surface area contributed by atoms with Crippen LogP contribution in [0.2, 0.25) is 0 Å². The first-order chi connectivity index (χ1) is 12.4. The van der Waals surface area contributed by atoms with E-state index in [0.29, 0.717) is 19.3 Å². The number of nitrogens with one attached hydrogen (secondary N) is 2. The molecule has 6 nitrogen and oxygen atoms in total. The lowest BCUT2D eigenvalue weighted by Crippen LogP contribution is -2.19. The molecule has 0 spiro atoms. The van der Waals surface area contributed by atoms with E-state index in [1.807, 2.05) is 44.4 Å². The molecule has 0 saturated heterocycles. The summed E-state index contributed by atoms with van der Waals surface area (Å²) < 4.78 is 0. The Morgan fingerprint density at radius 1 is 1.04 bits per heavy atom. The predicted molar refractivity (Wildman–Crippen MR) is 104 cm³/mol. The van der Waals surface area contributed by atoms with E-state index in [1.165, 1.54) is 11.8 Å². The normalized spacial score (nSPS) is 10.5. The molecule has 2 N–H and O–H groups in total. The third-order valence-corrected chi connectivity index (χ3v) is 4.61. The average Bonchev–Trinajstić information content (AvgIpc) is 2.62. The van der Waals surface area contributed by atoms with Crippen LogP contribution in [0, 0.1) is 13.8 Å². The maximum atomic E-state index is 12.2. The summed E-state index contributed by atoms with van der Waals surface area (Å²) in [5.41, 5.74) is 4.50. The molecule has 1 heterocycles. The second kappa shape index (κ2) is 9.33. The molecule has 7 heteroatoms. The van der Waals surface area contributed by atoms with Crippen molar-refractivity contribution in [3.8, 4) is 0 Å². The lowest BCUT2D eigenvalue weighted by atomic mass is 10.1. The van der Waals surface area contributed by atoms with Crippen molar-refractivity contribution in [1.29, 1.82) is 0 Å². The molecule has 2 amide bonds. The monoisotopic (exact) mass is 372 g/mol. The number of rotatable bonds is 7. The number of anilines is 1. The number of aryl methyl sites for hydroxylation is 2. The number of nitrogens with zero attached hydrogens (tertiary/aromatic N) is 2. The molecule has 0 saturated carbocycles. The van der Waals surface area contributed by atoms with Crippen molar-refractivity contribution in [2.75, 3.05) is 18.6 Å². The van der Waals surface area contributed by atoms with Crippen molar-refractivity contribution < 1.29 is 9.59 Å². The van der Waals surface area contributed by atoms with E-state index in [1.54, 1.807) is 7.05 Å². The number of hydrogen-bond acceptors (Lipinski definition) is 5. The summed E-state index contributed by atoms with van der Waals surface area (Å²) in [5.74, 6) is -0.0981. The molecule has 0 fully saturated rings. The zero-order valence-electron chi connectivity index (χ0n) is 15.5. The van der Waals surface area contributed by atoms with Gasteiger partial charge in [0, 0.05) is 30.5 Å². The summed E-state index contributed by atoms with van der Waals surface area (Å²) in [6, 6.07) is 7.30. The van der Waals surface area contributed by atoms with Crippen LogP contribution < -0.4 is 10.6 Å². The lowest BCUT2D eigenvalue weighted by Gasteiger charge is -2.10. The Morgan fingerprint density at radius 3 is 2.19 bits per heavy atom. The minimum Gasteiger partial charge on any atom is -0.359 e. The van der Waals surface area contributed by atoms with Crippen molar-refractivity contribution in [1.82, 2.24) is 15.3 Å². The highest BCUT2D eigenvalue weighted by Crippen LogP contribution is 2.17. The van der Waals surface area contributed by atoms with Crippen LogP contribution in [0.1, 0.15) is 28.9 Å². The Kier molecular flexibility index (Phi) is 7.15. The number of hydrogen-bond donors (Lipinski definition) is 2. The molecule has 0 radical (unpaired) electrons. The lowest BCUT2D eigenvalue weighted by molar-refractivity contribution is -0.120. The van der Waals surface area contributed by atoms with Crippen LogP contribution in [-0.4, -0.2) is 35.1 Å². The summed E-state index contributed by atoms with van der Waals surface area (Å²) in [7, 11) is 1.61. The maximum absolute atomic E-state index is 12.2. The fraction of sp³-hybridized carbons (Fsp3) is 0.368. The molecule has 138 valence electrons. The SMILES string of the molecule is CNC(=O)Cc1ccc(NC(=O)CCc2c(C)nc(SC)nc2C)cc1. The van der Waals surface area contributed by atoms with Crippen molar-refractivity contribution in [2.24, 2.45) is 0 Å². The smallest absolute Gasteiger partial charge is 0.224 e. The number of likely N-dealkylation sites (N-methyl/N-ethyl adjacent to an activating group) is 1. The van der Waals surface area contributed by atoms with Gasteiger partial charge in [-0.3, -0.25) is 9.59 Å². The topological polar surface area (TPSA) is 84.0 Å². The van der Waals surface area contributed by atoms with Gasteiger partial charge in [-0.1, -0.05) is 23.9 Å². The number of carbonyl (C=O) groups excluding carboxylic acids is 2. The fourth-order valence-electron chi connectivity index (χ4n) is 2.60. The predicted octanol–water partition coefficient (Wildman–Crippen LogP) is 2.68. The van der Waals surface area contributed by atoms with Crippen LogP contribution in [0.15, 0.2) is 29.4 Å². The third-order valence-electron chi connectivity index (χ3n) is 4.07. The van der Waals surface area contributed by atoms with Gasteiger partial charge in [-0.05, 0) is 49.8 Å². The number of aromatic nitrogens is 2. The van der Waals surface area contributed by atoms with Gasteiger partial charge in [0.15, 0.2) is 5.16 Å². The molecule has 0 atom stereocenters. The van der Waals surface area contributed by atoms with Gasteiger partial charge in [0.25, 0.3) is 0 Å². The molecule has 2 rings (SSSR count). The molecule has 0 aliphatic carbocycles. The van der Waals surface area contributed by atoms with Gasteiger partial charge in [-0.15, -0.1) is 0 Å². The van der Waals surface area contributed by atoms with Crippen molar-refractivity contribution in [3.63, 3.8) is 0 Å². The zero-order chi connectivity index (χ0) is 19.1. The van der Waals surface area contributed by atoms with Crippen LogP contribution in [0.5, 0.6) is 0 Å². The highest BCUT2D eigenvalue weighted by molar-refractivity contribution is 7.98. The molecular weight excluding hydrogens is 348 g/mol. The number of carbonyl (C=O) groups is 2. The van der Waals surface area contributed by atoms with E-state index >= 15 is 0 Å². The number of benzene rings is 1. The first kappa shape index (κ1) is 19.9. The molecule has 1 aromatic carbocycles. The third kappa shape index (κ3) is 5.56. The van der Waals surface area contributed by atoms with Crippen molar-refractivity contribution in [2.45, 2.75) is 38.3 Å². The summed E-state index contributed by atoms with van der Waals surface area (Å²) in [6.45, 7) is 3.90. The molecular formula is C19H24N4O2S. The van der Waals surface area contributed by atoms with E-state index in [2.05, 4.69) is 20.6 Å². The average molecular weight is 372 g/mol. The molecule has 0 unspecified atom stereocenters. The van der Waals surface area contributed by atoms with E-state index in [0.717, 1.165) is 33.4 Å². The largest absolute Gasteiger partial charge is 0.359 e. The number of thioether (sulfide) groups is 1. The van der Waals surface area contributed by atoms with E-state index < -0.39 is 0 Å². The summed E-state index contributed by atoms with van der Waals surface area (Å²) in [6.07, 6.45) is 3.24. The van der Waals surface area contributed by atoms with Crippen molar-refractivity contribution >= 4 is 29.3 Å². The maximum Gasteiger partial charge on any atom is 0.224 e. The summed E-state index contributed by atoms with van der Waals surface area (Å²) in [5, 5.41) is 6.23. The fourth-order valence-corrected chi connectivity index (χ4v) is 3.06. The summed E-state index contributed by atoms with van der Waals surface area (Å²) >= 11 is 1.51. The molecule has 26 heavy (non-hydrogen) atoms. The molecule has 0 aliphatic heterocycles. The van der Waals surface area contributed by atoms with Gasteiger partial charge >= 0.3 is 0 Å². The quantitative estimate of drug-likeness (QED) is 0.577. The van der Waals surface area contributed by atoms with Gasteiger partial charge in [-0.2, -0.15) is 0 Å². The second-order valence-electron chi connectivity index (χ2n) is 5.95. The van der Waals surface area contributed by atoms with Gasteiger partial charge in [0.1, 0.15) is 0 Å². The molecule has 0 aliphatic rings. The van der Waals surface area contributed by atoms with Crippen LogP contribution >= 0.6 is 11.8 Å². The minimum atomic E-state index is -0.0585.